The van der Waals surface area contributed by atoms with Crippen molar-refractivity contribution >= 4 is 27.5 Å². The van der Waals surface area contributed by atoms with Crippen molar-refractivity contribution in [3.63, 3.8) is 0 Å². The van der Waals surface area contributed by atoms with Gasteiger partial charge in [0.25, 0.3) is 0 Å². The van der Waals surface area contributed by atoms with Gasteiger partial charge in [0.05, 0.1) is 27.9 Å². The minimum atomic E-state index is -0.318. The number of fused-ring (bicyclic) bond motifs is 1. The van der Waals surface area contributed by atoms with Gasteiger partial charge < -0.3 is 4.74 Å². The van der Waals surface area contributed by atoms with Crippen LogP contribution in [0.3, 0.4) is 0 Å². The Kier molecular flexibility index (Phi) is 3.24. The van der Waals surface area contributed by atoms with Crippen molar-refractivity contribution in [1.82, 2.24) is 4.98 Å². The number of benzene rings is 2. The number of nitrogens with zero attached hydrogens (tertiary/aromatic N) is 1. The SMILES string of the molecule is COC(=O)c1ccccc1-c1ccc2nc(C)sc2c1. The Morgan fingerprint density at radius 1 is 1.20 bits per heavy atom. The van der Waals surface area contributed by atoms with Crippen LogP contribution < -0.4 is 0 Å². The summed E-state index contributed by atoms with van der Waals surface area (Å²) in [6.07, 6.45) is 0. The molecule has 3 aromatic rings. The fourth-order valence-corrected chi connectivity index (χ4v) is 3.10. The van der Waals surface area contributed by atoms with E-state index >= 15 is 0 Å². The minimum Gasteiger partial charge on any atom is -0.465 e. The largest absolute Gasteiger partial charge is 0.465 e. The lowest BCUT2D eigenvalue weighted by Gasteiger charge is -2.07. The summed E-state index contributed by atoms with van der Waals surface area (Å²) in [6, 6.07) is 13.5. The molecule has 0 saturated heterocycles. The van der Waals surface area contributed by atoms with E-state index in [0.717, 1.165) is 26.4 Å². The van der Waals surface area contributed by atoms with Crippen molar-refractivity contribution in [3.8, 4) is 11.1 Å². The number of hydrogen-bond donors (Lipinski definition) is 0. The Balaban J connectivity index is 2.17. The zero-order chi connectivity index (χ0) is 14.1. The summed E-state index contributed by atoms with van der Waals surface area (Å²) >= 11 is 1.65. The predicted octanol–water partition coefficient (Wildman–Crippen LogP) is 4.06. The quantitative estimate of drug-likeness (QED) is 0.666. The van der Waals surface area contributed by atoms with E-state index in [1.165, 1.54) is 7.11 Å². The van der Waals surface area contributed by atoms with Crippen molar-refractivity contribution in [2.24, 2.45) is 0 Å². The Morgan fingerprint density at radius 3 is 2.80 bits per heavy atom. The summed E-state index contributed by atoms with van der Waals surface area (Å²) in [4.78, 5) is 16.3. The fraction of sp³-hybridized carbons (Fsp3) is 0.125. The summed E-state index contributed by atoms with van der Waals surface area (Å²) in [7, 11) is 1.40. The monoisotopic (exact) mass is 283 g/mol. The molecule has 0 aliphatic rings. The third-order valence-corrected chi connectivity index (χ3v) is 4.07. The van der Waals surface area contributed by atoms with Crippen molar-refractivity contribution in [2.45, 2.75) is 6.92 Å². The van der Waals surface area contributed by atoms with Crippen LogP contribution in [0, 0.1) is 6.92 Å². The summed E-state index contributed by atoms with van der Waals surface area (Å²) in [5.41, 5.74) is 3.46. The van der Waals surface area contributed by atoms with E-state index in [1.54, 1.807) is 17.4 Å². The van der Waals surface area contributed by atoms with Crippen LogP contribution in [-0.2, 0) is 4.74 Å². The molecule has 100 valence electrons. The highest BCUT2D eigenvalue weighted by Crippen LogP contribution is 2.30. The highest BCUT2D eigenvalue weighted by molar-refractivity contribution is 7.18. The van der Waals surface area contributed by atoms with Gasteiger partial charge in [0, 0.05) is 0 Å². The molecule has 1 heterocycles. The van der Waals surface area contributed by atoms with Gasteiger partial charge in [-0.25, -0.2) is 9.78 Å². The van der Waals surface area contributed by atoms with Gasteiger partial charge in [-0.05, 0) is 36.2 Å². The lowest BCUT2D eigenvalue weighted by molar-refractivity contribution is 0.0601. The zero-order valence-corrected chi connectivity index (χ0v) is 12.0. The van der Waals surface area contributed by atoms with Crippen LogP contribution in [0.25, 0.3) is 21.3 Å². The molecule has 1 aromatic heterocycles. The number of aryl methyl sites for hydroxylation is 1. The van der Waals surface area contributed by atoms with Gasteiger partial charge in [0.1, 0.15) is 0 Å². The molecule has 0 aliphatic heterocycles. The van der Waals surface area contributed by atoms with E-state index in [2.05, 4.69) is 11.1 Å². The van der Waals surface area contributed by atoms with E-state index < -0.39 is 0 Å². The lowest BCUT2D eigenvalue weighted by Crippen LogP contribution is -2.03. The molecule has 0 amide bonds. The first-order valence-electron chi connectivity index (χ1n) is 6.24. The van der Waals surface area contributed by atoms with Gasteiger partial charge in [-0.2, -0.15) is 0 Å². The van der Waals surface area contributed by atoms with Crippen molar-refractivity contribution < 1.29 is 9.53 Å². The van der Waals surface area contributed by atoms with Crippen LogP contribution in [0.2, 0.25) is 0 Å². The molecule has 0 unspecified atom stereocenters. The smallest absolute Gasteiger partial charge is 0.338 e. The van der Waals surface area contributed by atoms with Crippen LogP contribution in [0.1, 0.15) is 15.4 Å². The van der Waals surface area contributed by atoms with Gasteiger partial charge in [-0.3, -0.25) is 0 Å². The highest BCUT2D eigenvalue weighted by atomic mass is 32.1. The fourth-order valence-electron chi connectivity index (χ4n) is 2.23. The maximum absolute atomic E-state index is 11.8. The molecule has 3 nitrogen and oxygen atoms in total. The third kappa shape index (κ3) is 2.18. The summed E-state index contributed by atoms with van der Waals surface area (Å²) in [5, 5.41) is 1.04. The third-order valence-electron chi connectivity index (χ3n) is 3.14. The molecule has 0 radical (unpaired) electrons. The molecule has 4 heteroatoms. The molecule has 0 atom stereocenters. The second-order valence-electron chi connectivity index (χ2n) is 4.45. The molecule has 0 bridgehead atoms. The van der Waals surface area contributed by atoms with Gasteiger partial charge in [-0.1, -0.05) is 24.3 Å². The van der Waals surface area contributed by atoms with Crippen LogP contribution >= 0.6 is 11.3 Å². The molecule has 0 aliphatic carbocycles. The minimum absolute atomic E-state index is 0.318. The van der Waals surface area contributed by atoms with Gasteiger partial charge in [0.2, 0.25) is 0 Å². The second-order valence-corrected chi connectivity index (χ2v) is 5.69. The summed E-state index contributed by atoms with van der Waals surface area (Å²) in [5.74, 6) is -0.318. The van der Waals surface area contributed by atoms with E-state index in [1.807, 2.05) is 37.3 Å². The Hall–Kier alpha value is -2.20. The number of carbonyl (C=O) groups excluding carboxylic acids is 1. The molecule has 0 saturated carbocycles. The number of esters is 1. The Morgan fingerprint density at radius 2 is 2.00 bits per heavy atom. The molecule has 3 rings (SSSR count). The number of hydrogen-bond acceptors (Lipinski definition) is 4. The molecule has 0 N–H and O–H groups in total. The van der Waals surface area contributed by atoms with E-state index in [-0.39, 0.29) is 5.97 Å². The number of carbonyl (C=O) groups is 1. The van der Waals surface area contributed by atoms with Crippen LogP contribution in [0.5, 0.6) is 0 Å². The Labute approximate surface area is 120 Å². The normalized spacial score (nSPS) is 10.7. The molecular weight excluding hydrogens is 270 g/mol. The van der Waals surface area contributed by atoms with Gasteiger partial charge >= 0.3 is 5.97 Å². The van der Waals surface area contributed by atoms with E-state index in [0.29, 0.717) is 5.56 Å². The topological polar surface area (TPSA) is 39.2 Å². The number of methoxy groups -OCH3 is 1. The average molecular weight is 283 g/mol. The van der Waals surface area contributed by atoms with Crippen LogP contribution in [0.15, 0.2) is 42.5 Å². The van der Waals surface area contributed by atoms with E-state index in [4.69, 9.17) is 4.74 Å². The average Bonchev–Trinajstić information content (AvgIpc) is 2.85. The van der Waals surface area contributed by atoms with Crippen LogP contribution in [0.4, 0.5) is 0 Å². The first-order valence-corrected chi connectivity index (χ1v) is 7.05. The van der Waals surface area contributed by atoms with Gasteiger partial charge in [-0.15, -0.1) is 11.3 Å². The number of thiazole rings is 1. The van der Waals surface area contributed by atoms with Crippen LogP contribution in [-0.4, -0.2) is 18.1 Å². The van der Waals surface area contributed by atoms with Crippen molar-refractivity contribution in [2.75, 3.05) is 7.11 Å². The maximum Gasteiger partial charge on any atom is 0.338 e. The van der Waals surface area contributed by atoms with Gasteiger partial charge in [0.15, 0.2) is 0 Å². The first-order chi connectivity index (χ1) is 9.69. The molecule has 2 aromatic carbocycles. The lowest BCUT2D eigenvalue weighted by atomic mass is 10.00. The molecular formula is C16H13NO2S. The number of rotatable bonds is 2. The summed E-state index contributed by atoms with van der Waals surface area (Å²) < 4.78 is 5.97. The molecule has 0 spiro atoms. The molecule has 20 heavy (non-hydrogen) atoms. The number of aromatic nitrogens is 1. The highest BCUT2D eigenvalue weighted by Gasteiger charge is 2.13. The first kappa shape index (κ1) is 12.8. The number of ether oxygens (including phenoxy) is 1. The van der Waals surface area contributed by atoms with Crippen molar-refractivity contribution in [3.05, 3.63) is 53.0 Å². The standard InChI is InChI=1S/C16H13NO2S/c1-10-17-14-8-7-11(9-15(14)20-10)12-5-3-4-6-13(12)16(18)19-2/h3-9H,1-2H3. The zero-order valence-electron chi connectivity index (χ0n) is 11.2. The Bertz CT molecular complexity index is 792. The van der Waals surface area contributed by atoms with Crippen molar-refractivity contribution in [1.29, 1.82) is 0 Å². The predicted molar refractivity (Wildman–Crippen MR) is 81.1 cm³/mol. The van der Waals surface area contributed by atoms with E-state index in [9.17, 15) is 4.79 Å². The summed E-state index contributed by atoms with van der Waals surface area (Å²) in [6.45, 7) is 1.99. The molecule has 0 fully saturated rings. The maximum atomic E-state index is 11.8. The second kappa shape index (κ2) is 5.06.